The van der Waals surface area contributed by atoms with Gasteiger partial charge in [0.15, 0.2) is 0 Å². The summed E-state index contributed by atoms with van der Waals surface area (Å²) in [7, 11) is 0. The molecule has 0 bridgehead atoms. The largest absolute Gasteiger partial charge is 0.0579 e. The Morgan fingerprint density at radius 2 is 0.471 bits per heavy atom. The van der Waals surface area contributed by atoms with Gasteiger partial charge in [-0.05, 0) is 245 Å². The zero-order chi connectivity index (χ0) is 48.5. The molecule has 12 aromatic carbocycles. The number of hydrogen-bond donors (Lipinski definition) is 0. The van der Waals surface area contributed by atoms with Crippen molar-refractivity contribution in [1.82, 2.24) is 0 Å². The molecule has 0 aliphatic rings. The zero-order valence-corrected chi connectivity index (χ0v) is 44.2. The first-order chi connectivity index (χ1) is 31.5. The molecule has 0 amide bonds. The molecule has 12 rings (SSSR count). The maximum atomic E-state index is 2.64. The minimum Gasteiger partial charge on any atom is -0.0579 e. The molecule has 68 heavy (non-hydrogen) atoms. The lowest BCUT2D eigenvalue weighted by Gasteiger charge is -2.31. The monoisotopic (exact) mass is 887 g/mol. The van der Waals surface area contributed by atoms with Crippen LogP contribution in [0.5, 0.6) is 0 Å². The Morgan fingerprint density at radius 3 is 0.853 bits per heavy atom. The second-order valence-electron chi connectivity index (χ2n) is 27.5. The number of rotatable bonds is 1. The van der Waals surface area contributed by atoms with Crippen LogP contribution in [0.25, 0.3) is 119 Å². The van der Waals surface area contributed by atoms with Crippen molar-refractivity contribution in [3.05, 3.63) is 130 Å². The highest BCUT2D eigenvalue weighted by Crippen LogP contribution is 2.59. The van der Waals surface area contributed by atoms with E-state index in [1.807, 2.05) is 0 Å². The number of hydrogen-bond acceptors (Lipinski definition) is 0. The predicted octanol–water partition coefficient (Wildman–Crippen LogP) is 20.4. The summed E-state index contributed by atoms with van der Waals surface area (Å²) in [6.07, 6.45) is 0. The van der Waals surface area contributed by atoms with Crippen molar-refractivity contribution in [1.29, 1.82) is 0 Å². The van der Waals surface area contributed by atoms with Crippen molar-refractivity contribution < 1.29 is 0 Å². The topological polar surface area (TPSA) is 0 Å². The third-order valence-electron chi connectivity index (χ3n) is 16.5. The molecule has 0 unspecified atom stereocenters. The highest BCUT2D eigenvalue weighted by molar-refractivity contribution is 6.57. The van der Waals surface area contributed by atoms with Gasteiger partial charge >= 0.3 is 0 Å². The van der Waals surface area contributed by atoms with Crippen LogP contribution in [-0.4, -0.2) is 0 Å². The van der Waals surface area contributed by atoms with Crippen LogP contribution in [0.1, 0.15) is 158 Å². The Hall–Kier alpha value is -5.72. The second kappa shape index (κ2) is 13.1. The standard InChI is InChI=1S/C68H70/c1-63(2,3)36-21-19-35(20-22-36)43-34-53-54-42-24-23-37(64(4,5)6)25-44(42)46-27-39(66(10,11)12)29-49-51-32-41(68(16,17)18)33-52-50-31-40(67(13,14)15)30-48-47-28-38(65(7,8)9)26-45(43)55(47)59(53)61(57(48)50)62(58(51)52)60(54)56(46)49/h19-34H,1-18H3. The summed E-state index contributed by atoms with van der Waals surface area (Å²) >= 11 is 0. The van der Waals surface area contributed by atoms with Crippen molar-refractivity contribution in [3.63, 3.8) is 0 Å². The van der Waals surface area contributed by atoms with Gasteiger partial charge in [-0.1, -0.05) is 161 Å². The van der Waals surface area contributed by atoms with Crippen LogP contribution in [0.2, 0.25) is 0 Å². The molecule has 0 heterocycles. The van der Waals surface area contributed by atoms with Crippen LogP contribution in [0.4, 0.5) is 0 Å². The molecule has 12 aromatic rings. The summed E-state index contributed by atoms with van der Waals surface area (Å²) in [4.78, 5) is 0. The number of fused-ring (bicyclic) bond motifs is 7. The lowest BCUT2D eigenvalue weighted by Crippen LogP contribution is -2.13. The van der Waals surface area contributed by atoms with Gasteiger partial charge in [-0.15, -0.1) is 0 Å². The highest BCUT2D eigenvalue weighted by atomic mass is 14.4. The summed E-state index contributed by atoms with van der Waals surface area (Å²) in [6.45, 7) is 42.9. The van der Waals surface area contributed by atoms with E-state index >= 15 is 0 Å². The van der Waals surface area contributed by atoms with E-state index in [0.717, 1.165) is 0 Å². The first-order valence-electron chi connectivity index (χ1n) is 25.5. The van der Waals surface area contributed by atoms with Gasteiger partial charge in [0.25, 0.3) is 0 Å². The molecule has 0 heteroatoms. The van der Waals surface area contributed by atoms with E-state index in [-0.39, 0.29) is 32.5 Å². The van der Waals surface area contributed by atoms with Gasteiger partial charge < -0.3 is 0 Å². The van der Waals surface area contributed by atoms with Crippen LogP contribution in [0.15, 0.2) is 97.1 Å². The fourth-order valence-corrected chi connectivity index (χ4v) is 12.3. The first kappa shape index (κ1) is 43.6. The third-order valence-corrected chi connectivity index (χ3v) is 16.5. The molecule has 0 radical (unpaired) electrons. The quantitative estimate of drug-likeness (QED) is 0.114. The van der Waals surface area contributed by atoms with Gasteiger partial charge in [-0.25, -0.2) is 0 Å². The van der Waals surface area contributed by atoms with Crippen LogP contribution >= 0.6 is 0 Å². The van der Waals surface area contributed by atoms with E-state index in [0.29, 0.717) is 0 Å². The minimum atomic E-state index is -0.0604. The van der Waals surface area contributed by atoms with E-state index in [2.05, 4.69) is 222 Å². The minimum absolute atomic E-state index is 0.00680. The normalized spacial score (nSPS) is 14.3. The highest BCUT2D eigenvalue weighted by Gasteiger charge is 2.33. The van der Waals surface area contributed by atoms with Crippen molar-refractivity contribution in [2.45, 2.75) is 157 Å². The van der Waals surface area contributed by atoms with Crippen LogP contribution in [0.3, 0.4) is 0 Å². The summed E-state index contributed by atoms with van der Waals surface area (Å²) < 4.78 is 0. The molecule has 0 saturated carbocycles. The van der Waals surface area contributed by atoms with Crippen molar-refractivity contribution in [2.75, 3.05) is 0 Å². The van der Waals surface area contributed by atoms with Crippen LogP contribution in [-0.2, 0) is 32.5 Å². The van der Waals surface area contributed by atoms with Gasteiger partial charge in [0, 0.05) is 0 Å². The van der Waals surface area contributed by atoms with Crippen molar-refractivity contribution in [3.8, 4) is 11.1 Å². The fraction of sp³-hybridized carbons (Fsp3) is 0.353. The van der Waals surface area contributed by atoms with E-state index in [4.69, 9.17) is 0 Å². The Morgan fingerprint density at radius 1 is 0.191 bits per heavy atom. The number of benzene rings is 12. The van der Waals surface area contributed by atoms with Gasteiger partial charge in [-0.2, -0.15) is 0 Å². The lowest BCUT2D eigenvalue weighted by atomic mass is 9.72. The molecule has 0 saturated heterocycles. The first-order valence-corrected chi connectivity index (χ1v) is 25.5. The molecule has 0 nitrogen and oxygen atoms in total. The van der Waals surface area contributed by atoms with Crippen LogP contribution in [0, 0.1) is 0 Å². The Balaban J connectivity index is 1.48. The Labute approximate surface area is 404 Å². The molecule has 0 N–H and O–H groups in total. The molecular formula is C68H70. The maximum Gasteiger partial charge on any atom is -0.0000483 e. The van der Waals surface area contributed by atoms with E-state index < -0.39 is 0 Å². The molecular weight excluding hydrogens is 817 g/mol. The summed E-state index contributed by atoms with van der Waals surface area (Å²) in [5, 5.41) is 28.1. The smallest absolute Gasteiger partial charge is 0.0000483 e. The van der Waals surface area contributed by atoms with Crippen molar-refractivity contribution >= 4 is 108 Å². The van der Waals surface area contributed by atoms with Gasteiger partial charge in [0.2, 0.25) is 0 Å². The van der Waals surface area contributed by atoms with Gasteiger partial charge in [0.1, 0.15) is 0 Å². The molecule has 0 aromatic heterocycles. The molecule has 342 valence electrons. The van der Waals surface area contributed by atoms with E-state index in [1.54, 1.807) is 0 Å². The maximum absolute atomic E-state index is 2.64. The summed E-state index contributed by atoms with van der Waals surface area (Å²) in [5.74, 6) is 0. The lowest BCUT2D eigenvalue weighted by molar-refractivity contribution is 0.590. The molecule has 0 atom stereocenters. The molecule has 0 fully saturated rings. The molecule has 0 spiro atoms. The van der Waals surface area contributed by atoms with Gasteiger partial charge in [0.05, 0.1) is 0 Å². The third kappa shape index (κ3) is 5.91. The van der Waals surface area contributed by atoms with Gasteiger partial charge in [-0.3, -0.25) is 0 Å². The molecule has 0 aliphatic heterocycles. The Kier molecular flexibility index (Phi) is 8.40. The van der Waals surface area contributed by atoms with Crippen molar-refractivity contribution in [2.24, 2.45) is 0 Å². The summed E-state index contributed by atoms with van der Waals surface area (Å²) in [6, 6.07) is 40.5. The summed E-state index contributed by atoms with van der Waals surface area (Å²) in [5.41, 5.74) is 10.7. The average molecular weight is 887 g/mol. The average Bonchev–Trinajstić information content (AvgIpc) is 3.24. The molecule has 0 aliphatic carbocycles. The Bertz CT molecular complexity index is 3990. The SMILES string of the molecule is CC(C)(C)c1ccc(-c2cc3c4c5ccc(C(C)(C)C)cc5c5cc(C(C)(C)C)cc6c7cc(C(C)(C)C)cc8c9cc(C(C)(C)C)cc%10c%11cc(C(C)(C)C)cc2c%11c3c(c%109)c(c78)c4c56)cc1. The fourth-order valence-electron chi connectivity index (χ4n) is 12.3. The van der Waals surface area contributed by atoms with E-state index in [1.165, 1.54) is 152 Å². The van der Waals surface area contributed by atoms with Crippen LogP contribution < -0.4 is 0 Å². The van der Waals surface area contributed by atoms with E-state index in [9.17, 15) is 0 Å². The predicted molar refractivity (Wildman–Crippen MR) is 304 cm³/mol. The zero-order valence-electron chi connectivity index (χ0n) is 44.2. The second-order valence-corrected chi connectivity index (χ2v) is 27.5.